The fourth-order valence-corrected chi connectivity index (χ4v) is 10.2. The van der Waals surface area contributed by atoms with Gasteiger partial charge in [-0.1, -0.05) is 60.1 Å². The summed E-state index contributed by atoms with van der Waals surface area (Å²) in [5.41, 5.74) is 3.83. The van der Waals surface area contributed by atoms with E-state index >= 15 is 0 Å². The summed E-state index contributed by atoms with van der Waals surface area (Å²) in [7, 11) is 0. The maximum atomic E-state index is 10.8. The SMILES string of the molecule is CC1(C)CCC2(C)CC=C3C(CCC4C3(C)CCC3C(C)(C)C(O)CCC43C)C2C1. The van der Waals surface area contributed by atoms with Crippen LogP contribution in [-0.4, -0.2) is 11.2 Å². The monoisotopic (exact) mass is 412 g/mol. The highest BCUT2D eigenvalue weighted by molar-refractivity contribution is 5.30. The average Bonchev–Trinajstić information content (AvgIpc) is 2.65. The molecule has 0 bridgehead atoms. The first-order chi connectivity index (χ1) is 13.8. The highest BCUT2D eigenvalue weighted by Crippen LogP contribution is 2.72. The third-order valence-electron chi connectivity index (χ3n) is 12.2. The lowest BCUT2D eigenvalue weighted by Gasteiger charge is -2.68. The predicted octanol–water partition coefficient (Wildman–Crippen LogP) is 7.78. The predicted molar refractivity (Wildman–Crippen MR) is 126 cm³/mol. The fraction of sp³-hybridized carbons (Fsp3) is 0.931. The van der Waals surface area contributed by atoms with E-state index in [9.17, 15) is 5.11 Å². The highest BCUT2D eigenvalue weighted by atomic mass is 16.3. The first kappa shape index (κ1) is 21.5. The standard InChI is InChI=1S/C29H48O/c1-25(2)16-17-27(5)13-10-20-19(21(27)18-25)8-9-23-28(20,6)14-11-22-26(3,4)24(30)12-15-29(22,23)7/h10,19,21-24,30H,8-9,11-18H2,1-7H3. The first-order valence-electron chi connectivity index (χ1n) is 13.2. The van der Waals surface area contributed by atoms with E-state index in [1.807, 2.05) is 5.57 Å². The van der Waals surface area contributed by atoms with E-state index in [4.69, 9.17) is 0 Å². The Morgan fingerprint density at radius 3 is 2.27 bits per heavy atom. The van der Waals surface area contributed by atoms with E-state index in [1.54, 1.807) is 0 Å². The molecule has 0 spiro atoms. The molecule has 0 radical (unpaired) electrons. The second kappa shape index (κ2) is 6.39. The van der Waals surface area contributed by atoms with E-state index in [0.717, 1.165) is 24.2 Å². The molecule has 8 unspecified atom stereocenters. The summed E-state index contributed by atoms with van der Waals surface area (Å²) >= 11 is 0. The summed E-state index contributed by atoms with van der Waals surface area (Å²) in [4.78, 5) is 0. The Hall–Kier alpha value is -0.300. The van der Waals surface area contributed by atoms with Gasteiger partial charge in [-0.15, -0.1) is 0 Å². The summed E-state index contributed by atoms with van der Waals surface area (Å²) in [6.07, 6.45) is 16.0. The summed E-state index contributed by atoms with van der Waals surface area (Å²) in [6.45, 7) is 17.7. The lowest BCUT2D eigenvalue weighted by molar-refractivity contribution is -0.176. The van der Waals surface area contributed by atoms with Crippen LogP contribution in [0.5, 0.6) is 0 Å². The molecule has 30 heavy (non-hydrogen) atoms. The molecule has 170 valence electrons. The zero-order valence-electron chi connectivity index (χ0n) is 21.0. The molecule has 0 aromatic heterocycles. The van der Waals surface area contributed by atoms with Crippen molar-refractivity contribution in [2.45, 2.75) is 119 Å². The molecule has 5 aliphatic carbocycles. The Morgan fingerprint density at radius 1 is 0.800 bits per heavy atom. The molecule has 0 amide bonds. The summed E-state index contributed by atoms with van der Waals surface area (Å²) in [5.74, 6) is 3.21. The van der Waals surface area contributed by atoms with Crippen LogP contribution in [0.4, 0.5) is 0 Å². The van der Waals surface area contributed by atoms with Crippen LogP contribution in [0.1, 0.15) is 113 Å². The molecule has 0 aliphatic heterocycles. The number of hydrogen-bond acceptors (Lipinski definition) is 1. The van der Waals surface area contributed by atoms with Crippen LogP contribution in [0, 0.1) is 50.7 Å². The molecule has 4 fully saturated rings. The van der Waals surface area contributed by atoms with Crippen molar-refractivity contribution in [1.82, 2.24) is 0 Å². The first-order valence-corrected chi connectivity index (χ1v) is 13.2. The molecule has 1 N–H and O–H groups in total. The van der Waals surface area contributed by atoms with Gasteiger partial charge in [-0.25, -0.2) is 0 Å². The van der Waals surface area contributed by atoms with Gasteiger partial charge in [0.25, 0.3) is 0 Å². The van der Waals surface area contributed by atoms with Crippen molar-refractivity contribution in [1.29, 1.82) is 0 Å². The number of aliphatic hydroxyl groups excluding tert-OH is 1. The molecule has 0 aromatic carbocycles. The number of allylic oxidation sites excluding steroid dienone is 2. The van der Waals surface area contributed by atoms with Crippen LogP contribution < -0.4 is 0 Å². The van der Waals surface area contributed by atoms with Crippen LogP contribution >= 0.6 is 0 Å². The fourth-order valence-electron chi connectivity index (χ4n) is 10.2. The van der Waals surface area contributed by atoms with Crippen LogP contribution in [0.2, 0.25) is 0 Å². The molecule has 0 saturated heterocycles. The summed E-state index contributed by atoms with van der Waals surface area (Å²) in [6, 6.07) is 0. The van der Waals surface area contributed by atoms with Crippen LogP contribution in [0.3, 0.4) is 0 Å². The molecule has 4 saturated carbocycles. The quantitative estimate of drug-likeness (QED) is 0.403. The molecule has 1 nitrogen and oxygen atoms in total. The molecule has 0 heterocycles. The van der Waals surface area contributed by atoms with Gasteiger partial charge in [0.15, 0.2) is 0 Å². The van der Waals surface area contributed by atoms with Crippen LogP contribution in [-0.2, 0) is 0 Å². The Balaban J connectivity index is 1.51. The van der Waals surface area contributed by atoms with Crippen LogP contribution in [0.25, 0.3) is 0 Å². The summed E-state index contributed by atoms with van der Waals surface area (Å²) in [5, 5.41) is 10.8. The van der Waals surface area contributed by atoms with Gasteiger partial charge in [-0.2, -0.15) is 0 Å². The van der Waals surface area contributed by atoms with Crippen molar-refractivity contribution in [3.8, 4) is 0 Å². The number of aliphatic hydroxyl groups is 1. The normalized spacial score (nSPS) is 54.1. The lowest BCUT2D eigenvalue weighted by atomic mass is 9.37. The average molecular weight is 413 g/mol. The molecular weight excluding hydrogens is 364 g/mol. The van der Waals surface area contributed by atoms with Crippen molar-refractivity contribution in [2.24, 2.45) is 50.7 Å². The number of rotatable bonds is 0. The molecule has 0 aromatic rings. The topological polar surface area (TPSA) is 20.2 Å². The zero-order valence-corrected chi connectivity index (χ0v) is 21.0. The lowest BCUT2D eigenvalue weighted by Crippen LogP contribution is -2.61. The maximum absolute atomic E-state index is 10.8. The van der Waals surface area contributed by atoms with Crippen LogP contribution in [0.15, 0.2) is 11.6 Å². The van der Waals surface area contributed by atoms with E-state index in [1.165, 1.54) is 57.8 Å². The minimum atomic E-state index is -0.115. The zero-order chi connectivity index (χ0) is 21.7. The number of fused-ring (bicyclic) bond motifs is 7. The number of hydrogen-bond donors (Lipinski definition) is 1. The van der Waals surface area contributed by atoms with Gasteiger partial charge in [0.2, 0.25) is 0 Å². The van der Waals surface area contributed by atoms with Crippen molar-refractivity contribution < 1.29 is 5.11 Å². The van der Waals surface area contributed by atoms with Gasteiger partial charge in [-0.3, -0.25) is 0 Å². The molecule has 8 atom stereocenters. The Morgan fingerprint density at radius 2 is 1.53 bits per heavy atom. The van der Waals surface area contributed by atoms with Gasteiger partial charge in [-0.05, 0) is 115 Å². The molecular formula is C29H48O. The largest absolute Gasteiger partial charge is 0.393 e. The Labute approximate surface area is 186 Å². The third kappa shape index (κ3) is 2.75. The van der Waals surface area contributed by atoms with Crippen molar-refractivity contribution in [3.63, 3.8) is 0 Å². The van der Waals surface area contributed by atoms with Gasteiger partial charge < -0.3 is 5.11 Å². The Bertz CT molecular complexity index is 745. The summed E-state index contributed by atoms with van der Waals surface area (Å²) < 4.78 is 0. The molecule has 5 rings (SSSR count). The van der Waals surface area contributed by atoms with Gasteiger partial charge in [0.1, 0.15) is 0 Å². The maximum Gasteiger partial charge on any atom is 0.0594 e. The van der Waals surface area contributed by atoms with Gasteiger partial charge in [0.05, 0.1) is 6.10 Å². The second-order valence-electron chi connectivity index (χ2n) is 14.6. The van der Waals surface area contributed by atoms with E-state index < -0.39 is 0 Å². The third-order valence-corrected chi connectivity index (χ3v) is 12.2. The van der Waals surface area contributed by atoms with Crippen molar-refractivity contribution >= 4 is 0 Å². The molecule has 1 heteroatoms. The van der Waals surface area contributed by atoms with E-state index in [-0.39, 0.29) is 11.5 Å². The smallest absolute Gasteiger partial charge is 0.0594 e. The van der Waals surface area contributed by atoms with Crippen molar-refractivity contribution in [3.05, 3.63) is 11.6 Å². The Kier molecular flexibility index (Phi) is 4.59. The molecule has 5 aliphatic rings. The minimum Gasteiger partial charge on any atom is -0.393 e. The van der Waals surface area contributed by atoms with Gasteiger partial charge >= 0.3 is 0 Å². The minimum absolute atomic E-state index is 0.0676. The highest BCUT2D eigenvalue weighted by Gasteiger charge is 2.64. The van der Waals surface area contributed by atoms with Crippen molar-refractivity contribution in [2.75, 3.05) is 0 Å². The van der Waals surface area contributed by atoms with Gasteiger partial charge in [0, 0.05) is 0 Å². The second-order valence-corrected chi connectivity index (χ2v) is 14.6. The van der Waals surface area contributed by atoms with E-state index in [2.05, 4.69) is 54.5 Å². The van der Waals surface area contributed by atoms with E-state index in [0.29, 0.717) is 27.6 Å².